The van der Waals surface area contributed by atoms with Crippen molar-refractivity contribution in [2.45, 2.75) is 23.6 Å². The van der Waals surface area contributed by atoms with Crippen molar-refractivity contribution in [1.29, 1.82) is 10.5 Å². The van der Waals surface area contributed by atoms with Crippen molar-refractivity contribution >= 4 is 23.5 Å². The van der Waals surface area contributed by atoms with Crippen molar-refractivity contribution in [3.63, 3.8) is 0 Å². The summed E-state index contributed by atoms with van der Waals surface area (Å²) in [6.07, 6.45) is 0. The van der Waals surface area contributed by atoms with Gasteiger partial charge in [-0.3, -0.25) is 0 Å². The lowest BCUT2D eigenvalue weighted by Gasteiger charge is -2.03. The van der Waals surface area contributed by atoms with Gasteiger partial charge in [0.25, 0.3) is 0 Å². The first-order valence-electron chi connectivity index (χ1n) is 4.67. The fourth-order valence-electron chi connectivity index (χ4n) is 1.44. The highest BCUT2D eigenvalue weighted by Gasteiger charge is 2.24. The number of allylic oxidation sites excluding steroid dienone is 1. The van der Waals surface area contributed by atoms with Crippen LogP contribution in [0.15, 0.2) is 31.7 Å². The molecule has 0 spiro atoms. The van der Waals surface area contributed by atoms with Crippen LogP contribution in [-0.2, 0) is 0 Å². The van der Waals surface area contributed by atoms with E-state index in [4.69, 9.17) is 10.5 Å². The summed E-state index contributed by atoms with van der Waals surface area (Å²) in [6.45, 7) is 4.10. The van der Waals surface area contributed by atoms with Crippen LogP contribution in [0.2, 0.25) is 0 Å². The predicted octanol–water partition coefficient (Wildman–Crippen LogP) is 3.76. The summed E-state index contributed by atoms with van der Waals surface area (Å²) in [5.74, 6) is 0. The fraction of sp³-hybridized carbons (Fsp3) is 0.167. The predicted molar refractivity (Wildman–Crippen MR) is 65.9 cm³/mol. The molecule has 0 N–H and O–H groups in total. The van der Waals surface area contributed by atoms with Crippen molar-refractivity contribution in [2.24, 2.45) is 0 Å². The minimum Gasteiger partial charge on any atom is -0.192 e. The lowest BCUT2D eigenvalue weighted by molar-refractivity contribution is 1.13. The number of hydrogen-bond donors (Lipinski definition) is 0. The Hall–Kier alpha value is -1.36. The average molecular weight is 244 g/mol. The lowest BCUT2D eigenvalue weighted by atomic mass is 10.2. The van der Waals surface area contributed by atoms with Crippen molar-refractivity contribution in [2.75, 3.05) is 0 Å². The Morgan fingerprint density at radius 3 is 1.81 bits per heavy atom. The summed E-state index contributed by atoms with van der Waals surface area (Å²) in [6, 6.07) is 8.03. The second kappa shape index (κ2) is 4.25. The Bertz CT molecular complexity index is 525. The smallest absolute Gasteiger partial charge is 0.150 e. The maximum Gasteiger partial charge on any atom is 0.150 e. The molecule has 1 aromatic carbocycles. The largest absolute Gasteiger partial charge is 0.192 e. The molecule has 0 atom stereocenters. The fourth-order valence-corrected chi connectivity index (χ4v) is 4.08. The molecule has 1 aliphatic heterocycles. The van der Waals surface area contributed by atoms with E-state index in [2.05, 4.69) is 12.1 Å². The van der Waals surface area contributed by atoms with E-state index in [9.17, 15) is 0 Å². The monoisotopic (exact) mass is 244 g/mol. The Kier molecular flexibility index (Phi) is 2.96. The summed E-state index contributed by atoms with van der Waals surface area (Å²) >= 11 is 3.06. The summed E-state index contributed by atoms with van der Waals surface area (Å²) < 4.78 is 0.803. The first kappa shape index (κ1) is 11.1. The van der Waals surface area contributed by atoms with E-state index in [0.717, 1.165) is 4.24 Å². The van der Waals surface area contributed by atoms with Gasteiger partial charge in [0, 0.05) is 9.79 Å². The molecule has 2 nitrogen and oxygen atoms in total. The molecule has 78 valence electrons. The van der Waals surface area contributed by atoms with Crippen LogP contribution in [0.5, 0.6) is 0 Å². The Balaban J connectivity index is 2.55. The third-order valence-corrected chi connectivity index (χ3v) is 5.19. The van der Waals surface area contributed by atoms with E-state index in [1.807, 2.05) is 26.0 Å². The van der Waals surface area contributed by atoms with E-state index in [1.54, 1.807) is 0 Å². The minimum absolute atomic E-state index is 0.213. The Labute approximate surface area is 103 Å². The second-order valence-corrected chi connectivity index (χ2v) is 5.75. The van der Waals surface area contributed by atoms with Crippen LogP contribution in [0.25, 0.3) is 0 Å². The van der Waals surface area contributed by atoms with Gasteiger partial charge in [-0.15, -0.1) is 0 Å². The third kappa shape index (κ3) is 1.71. The van der Waals surface area contributed by atoms with Gasteiger partial charge in [0.15, 0.2) is 0 Å². The highest BCUT2D eigenvalue weighted by atomic mass is 32.2. The van der Waals surface area contributed by atoms with Crippen LogP contribution < -0.4 is 0 Å². The van der Waals surface area contributed by atoms with E-state index in [1.165, 1.54) is 44.4 Å². The maximum atomic E-state index is 8.85. The lowest BCUT2D eigenvalue weighted by Crippen LogP contribution is -1.82. The van der Waals surface area contributed by atoms with Gasteiger partial charge in [-0.25, -0.2) is 0 Å². The van der Waals surface area contributed by atoms with E-state index >= 15 is 0 Å². The molecule has 0 aromatic heterocycles. The van der Waals surface area contributed by atoms with E-state index < -0.39 is 0 Å². The zero-order valence-electron chi connectivity index (χ0n) is 8.87. The number of fused-ring (bicyclic) bond motifs is 1. The summed E-state index contributed by atoms with van der Waals surface area (Å²) in [5, 5.41) is 17.7. The molecule has 16 heavy (non-hydrogen) atoms. The highest BCUT2D eigenvalue weighted by Crippen LogP contribution is 2.54. The van der Waals surface area contributed by atoms with Gasteiger partial charge in [0.1, 0.15) is 17.7 Å². The standard InChI is InChI=1S/C12H8N2S2/c1-7-3-4-8(2)11-10(7)15-12(16-11)9(5-13)6-14/h3-4H,1-2H3. The van der Waals surface area contributed by atoms with Crippen LogP contribution in [0.3, 0.4) is 0 Å². The van der Waals surface area contributed by atoms with E-state index in [0.29, 0.717) is 0 Å². The summed E-state index contributed by atoms with van der Waals surface area (Å²) in [4.78, 5) is 2.37. The highest BCUT2D eigenvalue weighted by molar-refractivity contribution is 8.24. The number of aryl methyl sites for hydroxylation is 2. The Morgan fingerprint density at radius 2 is 1.44 bits per heavy atom. The SMILES string of the molecule is Cc1ccc(C)c2c1SC(=C(C#N)C#N)S2. The number of nitrogens with zero attached hydrogens (tertiary/aromatic N) is 2. The van der Waals surface area contributed by atoms with Crippen LogP contribution in [0, 0.1) is 36.5 Å². The molecular formula is C12H8N2S2. The normalized spacial score (nSPS) is 12.9. The van der Waals surface area contributed by atoms with Gasteiger partial charge in [0.2, 0.25) is 0 Å². The van der Waals surface area contributed by atoms with Crippen molar-refractivity contribution in [3.8, 4) is 12.1 Å². The average Bonchev–Trinajstić information content (AvgIpc) is 2.71. The second-order valence-electron chi connectivity index (χ2n) is 3.45. The number of thioether (sulfide) groups is 2. The summed E-state index contributed by atoms with van der Waals surface area (Å²) in [5.41, 5.74) is 2.61. The van der Waals surface area contributed by atoms with Gasteiger partial charge >= 0.3 is 0 Å². The molecule has 1 aliphatic rings. The van der Waals surface area contributed by atoms with Crippen molar-refractivity contribution in [1.82, 2.24) is 0 Å². The molecule has 1 aromatic rings. The minimum atomic E-state index is 0.213. The summed E-state index contributed by atoms with van der Waals surface area (Å²) in [7, 11) is 0. The topological polar surface area (TPSA) is 47.6 Å². The van der Waals surface area contributed by atoms with Crippen LogP contribution in [-0.4, -0.2) is 0 Å². The van der Waals surface area contributed by atoms with Gasteiger partial charge < -0.3 is 0 Å². The molecule has 0 aliphatic carbocycles. The van der Waals surface area contributed by atoms with Gasteiger partial charge in [-0.2, -0.15) is 10.5 Å². The number of benzene rings is 1. The Morgan fingerprint density at radius 1 is 1.00 bits per heavy atom. The zero-order valence-corrected chi connectivity index (χ0v) is 10.5. The first-order valence-corrected chi connectivity index (χ1v) is 6.31. The van der Waals surface area contributed by atoms with Crippen molar-refractivity contribution < 1.29 is 0 Å². The molecule has 0 saturated heterocycles. The van der Waals surface area contributed by atoms with Crippen LogP contribution >= 0.6 is 23.5 Å². The molecule has 0 unspecified atom stereocenters. The van der Waals surface area contributed by atoms with Gasteiger partial charge in [-0.05, 0) is 25.0 Å². The molecule has 2 rings (SSSR count). The first-order chi connectivity index (χ1) is 7.67. The molecule has 0 radical (unpaired) electrons. The number of rotatable bonds is 0. The van der Waals surface area contributed by atoms with Crippen LogP contribution in [0.1, 0.15) is 11.1 Å². The quantitative estimate of drug-likeness (QED) is 0.652. The maximum absolute atomic E-state index is 8.85. The third-order valence-electron chi connectivity index (χ3n) is 2.32. The molecular weight excluding hydrogens is 236 g/mol. The van der Waals surface area contributed by atoms with Crippen LogP contribution in [0.4, 0.5) is 0 Å². The molecule has 0 fully saturated rings. The molecule has 0 saturated carbocycles. The van der Waals surface area contributed by atoms with E-state index in [-0.39, 0.29) is 5.57 Å². The molecule has 4 heteroatoms. The molecule has 0 bridgehead atoms. The number of hydrogen-bond acceptors (Lipinski definition) is 4. The zero-order chi connectivity index (χ0) is 11.7. The molecule has 0 amide bonds. The van der Waals surface area contributed by atoms with Crippen molar-refractivity contribution in [3.05, 3.63) is 33.1 Å². The van der Waals surface area contributed by atoms with Gasteiger partial charge in [-0.1, -0.05) is 35.7 Å². The number of nitriles is 2. The molecule has 1 heterocycles. The van der Waals surface area contributed by atoms with Gasteiger partial charge in [0.05, 0.1) is 4.24 Å².